The highest BCUT2D eigenvalue weighted by Gasteiger charge is 2.34. The Morgan fingerprint density at radius 3 is 3.11 bits per heavy atom. The van der Waals surface area contributed by atoms with Crippen LogP contribution in [0.2, 0.25) is 0 Å². The first-order chi connectivity index (χ1) is 9.24. The average molecular weight is 263 g/mol. The van der Waals surface area contributed by atoms with Crippen molar-refractivity contribution < 1.29 is 9.53 Å². The number of likely N-dealkylation sites (tertiary alicyclic amines) is 1. The quantitative estimate of drug-likeness (QED) is 0.824. The van der Waals surface area contributed by atoms with Crippen LogP contribution in [-0.4, -0.2) is 46.4 Å². The number of aromatic nitrogens is 2. The highest BCUT2D eigenvalue weighted by molar-refractivity contribution is 5.79. The summed E-state index contributed by atoms with van der Waals surface area (Å²) < 4.78 is 7.28. The van der Waals surface area contributed by atoms with E-state index in [1.165, 1.54) is 5.56 Å². The largest absolute Gasteiger partial charge is 0.381 e. The van der Waals surface area contributed by atoms with Gasteiger partial charge in [0.2, 0.25) is 5.91 Å². The zero-order chi connectivity index (χ0) is 13.2. The van der Waals surface area contributed by atoms with E-state index < -0.39 is 0 Å². The molecular formula is C14H21N3O2. The number of carbonyl (C=O) groups excluding carboxylic acids is 1. The Bertz CT molecular complexity index is 451. The second kappa shape index (κ2) is 5.33. The summed E-state index contributed by atoms with van der Waals surface area (Å²) in [6.07, 6.45) is 6.97. The maximum absolute atomic E-state index is 12.5. The lowest BCUT2D eigenvalue weighted by molar-refractivity contribution is -0.136. The molecule has 2 atom stereocenters. The first-order valence-electron chi connectivity index (χ1n) is 7.11. The van der Waals surface area contributed by atoms with Gasteiger partial charge >= 0.3 is 0 Å². The van der Waals surface area contributed by atoms with Crippen molar-refractivity contribution in [1.82, 2.24) is 14.7 Å². The Morgan fingerprint density at radius 2 is 2.42 bits per heavy atom. The van der Waals surface area contributed by atoms with Crippen molar-refractivity contribution >= 4 is 5.91 Å². The highest BCUT2D eigenvalue weighted by Crippen LogP contribution is 2.24. The number of nitrogens with zero attached hydrogens (tertiary/aromatic N) is 3. The van der Waals surface area contributed by atoms with Crippen LogP contribution in [-0.2, 0) is 16.1 Å². The van der Waals surface area contributed by atoms with Crippen LogP contribution in [0.5, 0.6) is 0 Å². The molecule has 2 saturated heterocycles. The Balaban J connectivity index is 1.65. The minimum atomic E-state index is 0.0833. The molecule has 3 rings (SSSR count). The molecule has 0 N–H and O–H groups in total. The summed E-state index contributed by atoms with van der Waals surface area (Å²) in [5.74, 6) is 0.365. The van der Waals surface area contributed by atoms with Crippen molar-refractivity contribution in [2.45, 2.75) is 38.8 Å². The molecule has 1 amide bonds. The topological polar surface area (TPSA) is 47.4 Å². The van der Waals surface area contributed by atoms with Crippen LogP contribution in [0, 0.1) is 12.8 Å². The van der Waals surface area contributed by atoms with Crippen molar-refractivity contribution in [3.63, 3.8) is 0 Å². The zero-order valence-electron chi connectivity index (χ0n) is 11.4. The lowest BCUT2D eigenvalue weighted by Gasteiger charge is -2.27. The maximum atomic E-state index is 12.5. The van der Waals surface area contributed by atoms with Crippen molar-refractivity contribution in [1.29, 1.82) is 0 Å². The van der Waals surface area contributed by atoms with Gasteiger partial charge in [-0.3, -0.25) is 9.48 Å². The number of hydrogen-bond donors (Lipinski definition) is 0. The fourth-order valence-corrected chi connectivity index (χ4v) is 3.06. The zero-order valence-corrected chi connectivity index (χ0v) is 11.4. The van der Waals surface area contributed by atoms with E-state index in [0.29, 0.717) is 12.6 Å². The molecule has 104 valence electrons. The van der Waals surface area contributed by atoms with Gasteiger partial charge in [0, 0.05) is 19.3 Å². The Labute approximate surface area is 113 Å². The smallest absolute Gasteiger partial charge is 0.228 e. The summed E-state index contributed by atoms with van der Waals surface area (Å²) in [4.78, 5) is 14.5. The summed E-state index contributed by atoms with van der Waals surface area (Å²) in [6.45, 7) is 5.07. The molecule has 5 nitrogen and oxygen atoms in total. The van der Waals surface area contributed by atoms with E-state index in [2.05, 4.69) is 10.00 Å². The molecule has 5 heteroatoms. The summed E-state index contributed by atoms with van der Waals surface area (Å²) in [5, 5.41) is 4.32. The lowest BCUT2D eigenvalue weighted by Crippen LogP contribution is -2.41. The summed E-state index contributed by atoms with van der Waals surface area (Å²) in [5.41, 5.74) is 1.17. The van der Waals surface area contributed by atoms with Crippen LogP contribution < -0.4 is 0 Å². The molecule has 3 heterocycles. The molecule has 0 bridgehead atoms. The molecule has 2 aliphatic rings. The van der Waals surface area contributed by atoms with Crippen molar-refractivity contribution in [3.8, 4) is 0 Å². The van der Waals surface area contributed by atoms with E-state index >= 15 is 0 Å². The molecule has 0 saturated carbocycles. The fourth-order valence-electron chi connectivity index (χ4n) is 3.06. The van der Waals surface area contributed by atoms with Gasteiger partial charge < -0.3 is 9.64 Å². The number of ether oxygens (including phenoxy) is 1. The van der Waals surface area contributed by atoms with Crippen LogP contribution in [0.15, 0.2) is 12.4 Å². The Kier molecular flexibility index (Phi) is 3.55. The van der Waals surface area contributed by atoms with Gasteiger partial charge in [-0.05, 0) is 31.7 Å². The standard InChI is InChI=1S/C14H21N3O2/c1-11-7-15-16(8-11)9-13-3-2-5-17(13)14(18)12-4-6-19-10-12/h7-8,12-13H,2-6,9-10H2,1H3/t12-,13+/m1/s1. The monoisotopic (exact) mass is 263 g/mol. The Morgan fingerprint density at radius 1 is 1.53 bits per heavy atom. The number of rotatable bonds is 3. The molecule has 1 aromatic heterocycles. The summed E-state index contributed by atoms with van der Waals surface area (Å²) in [7, 11) is 0. The van der Waals surface area contributed by atoms with Crippen molar-refractivity contribution in [3.05, 3.63) is 18.0 Å². The van der Waals surface area contributed by atoms with Crippen LogP contribution in [0.1, 0.15) is 24.8 Å². The van der Waals surface area contributed by atoms with Gasteiger partial charge in [0.25, 0.3) is 0 Å². The number of carbonyl (C=O) groups is 1. The molecule has 2 aliphatic heterocycles. The van der Waals surface area contributed by atoms with Crippen LogP contribution >= 0.6 is 0 Å². The molecule has 0 aromatic carbocycles. The molecule has 19 heavy (non-hydrogen) atoms. The number of amides is 1. The van der Waals surface area contributed by atoms with Gasteiger partial charge in [0.05, 0.1) is 31.3 Å². The predicted molar refractivity (Wildman–Crippen MR) is 70.6 cm³/mol. The second-order valence-electron chi connectivity index (χ2n) is 5.63. The Hall–Kier alpha value is -1.36. The van der Waals surface area contributed by atoms with Crippen LogP contribution in [0.4, 0.5) is 0 Å². The van der Waals surface area contributed by atoms with Gasteiger partial charge in [-0.2, -0.15) is 5.10 Å². The van der Waals surface area contributed by atoms with Crippen LogP contribution in [0.3, 0.4) is 0 Å². The summed E-state index contributed by atoms with van der Waals surface area (Å²) >= 11 is 0. The van der Waals surface area contributed by atoms with E-state index in [0.717, 1.165) is 39.0 Å². The van der Waals surface area contributed by atoms with Gasteiger partial charge in [-0.1, -0.05) is 0 Å². The molecular weight excluding hydrogens is 242 g/mol. The minimum absolute atomic E-state index is 0.0833. The van der Waals surface area contributed by atoms with Crippen molar-refractivity contribution in [2.24, 2.45) is 5.92 Å². The summed E-state index contributed by atoms with van der Waals surface area (Å²) in [6, 6.07) is 0.299. The SMILES string of the molecule is Cc1cnn(C[C@@H]2CCCN2C(=O)[C@@H]2CCOC2)c1. The maximum Gasteiger partial charge on any atom is 0.228 e. The normalized spacial score (nSPS) is 27.1. The lowest BCUT2D eigenvalue weighted by atomic mass is 10.1. The molecule has 0 unspecified atom stereocenters. The van der Waals surface area contributed by atoms with Crippen molar-refractivity contribution in [2.75, 3.05) is 19.8 Å². The van der Waals surface area contributed by atoms with E-state index in [-0.39, 0.29) is 11.8 Å². The number of aryl methyl sites for hydroxylation is 1. The predicted octanol–water partition coefficient (Wildman–Crippen LogP) is 1.22. The first-order valence-corrected chi connectivity index (χ1v) is 7.11. The third-order valence-electron chi connectivity index (χ3n) is 4.10. The highest BCUT2D eigenvalue weighted by atomic mass is 16.5. The van der Waals surface area contributed by atoms with E-state index in [1.54, 1.807) is 0 Å². The van der Waals surface area contributed by atoms with E-state index in [1.807, 2.05) is 24.0 Å². The van der Waals surface area contributed by atoms with Gasteiger partial charge in [-0.15, -0.1) is 0 Å². The van der Waals surface area contributed by atoms with Crippen LogP contribution in [0.25, 0.3) is 0 Å². The molecule has 1 aromatic rings. The van der Waals surface area contributed by atoms with E-state index in [4.69, 9.17) is 4.74 Å². The molecule has 0 aliphatic carbocycles. The van der Waals surface area contributed by atoms with Gasteiger partial charge in [0.15, 0.2) is 0 Å². The minimum Gasteiger partial charge on any atom is -0.381 e. The molecule has 2 fully saturated rings. The second-order valence-corrected chi connectivity index (χ2v) is 5.63. The first kappa shape index (κ1) is 12.7. The fraction of sp³-hybridized carbons (Fsp3) is 0.714. The third-order valence-corrected chi connectivity index (χ3v) is 4.10. The van der Waals surface area contributed by atoms with Gasteiger partial charge in [0.1, 0.15) is 0 Å². The van der Waals surface area contributed by atoms with Gasteiger partial charge in [-0.25, -0.2) is 0 Å². The van der Waals surface area contributed by atoms with E-state index in [9.17, 15) is 4.79 Å². The third kappa shape index (κ3) is 2.66. The molecule has 0 radical (unpaired) electrons. The number of hydrogen-bond acceptors (Lipinski definition) is 3. The molecule has 0 spiro atoms. The average Bonchev–Trinajstić information content (AvgIpc) is 3.10.